The molecule has 0 saturated carbocycles. The van der Waals surface area contributed by atoms with Crippen LogP contribution in [0.4, 0.5) is 4.79 Å². The monoisotopic (exact) mass is 390 g/mol. The Morgan fingerprint density at radius 2 is 2.04 bits per heavy atom. The maximum Gasteiger partial charge on any atom is 0.410 e. The molecule has 8 heteroatoms. The van der Waals surface area contributed by atoms with Gasteiger partial charge in [0.2, 0.25) is 0 Å². The third-order valence-electron chi connectivity index (χ3n) is 4.50. The van der Waals surface area contributed by atoms with Crippen LogP contribution in [0.15, 0.2) is 0 Å². The summed E-state index contributed by atoms with van der Waals surface area (Å²) in [5, 5.41) is 3.29. The summed E-state index contributed by atoms with van der Waals surface area (Å²) in [5.74, 6) is 0. The molecule has 0 radical (unpaired) electrons. The van der Waals surface area contributed by atoms with Crippen LogP contribution in [0.25, 0.3) is 0 Å². The second kappa shape index (κ2) is 11.9. The Morgan fingerprint density at radius 1 is 1.31 bits per heavy atom. The molecule has 2 N–H and O–H groups in total. The van der Waals surface area contributed by atoms with Crippen molar-refractivity contribution in [1.29, 1.82) is 0 Å². The van der Waals surface area contributed by atoms with Gasteiger partial charge in [-0.3, -0.25) is 4.21 Å². The van der Waals surface area contributed by atoms with Gasteiger partial charge in [0.05, 0.1) is 0 Å². The Morgan fingerprint density at radius 3 is 2.58 bits per heavy atom. The maximum atomic E-state index is 11.8. The second-order valence-electron chi connectivity index (χ2n) is 7.97. The molecule has 2 rings (SSSR count). The zero-order valence-electron chi connectivity index (χ0n) is 16.7. The lowest BCUT2D eigenvalue weighted by Crippen LogP contribution is -2.39. The van der Waals surface area contributed by atoms with Gasteiger partial charge in [0.15, 0.2) is 0 Å². The molecule has 0 spiro atoms. The third kappa shape index (κ3) is 9.85. The van der Waals surface area contributed by atoms with E-state index in [1.165, 1.54) is 12.8 Å². The van der Waals surface area contributed by atoms with Crippen LogP contribution < -0.4 is 10.0 Å². The number of likely N-dealkylation sites (tertiary alicyclic amines) is 1. The molecule has 0 aromatic rings. The quantitative estimate of drug-likeness (QED) is 0.680. The van der Waals surface area contributed by atoms with Crippen LogP contribution in [0, 0.1) is 0 Å². The minimum absolute atomic E-state index is 0.140. The summed E-state index contributed by atoms with van der Waals surface area (Å²) in [7, 11) is 0. The molecular weight excluding hydrogens is 354 g/mol. The van der Waals surface area contributed by atoms with Crippen molar-refractivity contribution in [3.8, 4) is 0 Å². The molecule has 0 aromatic heterocycles. The van der Waals surface area contributed by atoms with Crippen LogP contribution in [0.1, 0.15) is 72.6 Å². The maximum absolute atomic E-state index is 11.8. The highest BCUT2D eigenvalue weighted by molar-refractivity contribution is 7.77. The second-order valence-corrected chi connectivity index (χ2v) is 8.73. The van der Waals surface area contributed by atoms with E-state index < -0.39 is 11.3 Å². The fourth-order valence-corrected chi connectivity index (χ4v) is 3.63. The van der Waals surface area contributed by atoms with E-state index >= 15 is 0 Å². The average Bonchev–Trinajstić information content (AvgIpc) is 3.17. The van der Waals surface area contributed by atoms with E-state index in [4.69, 9.17) is 4.74 Å². The molecule has 2 saturated heterocycles. The van der Waals surface area contributed by atoms with Crippen molar-refractivity contribution in [2.75, 3.05) is 19.6 Å². The Hall–Kier alpha value is -0.700. The number of ether oxygens (including phenoxy) is 1. The summed E-state index contributed by atoms with van der Waals surface area (Å²) in [6, 6.07) is 0.927. The zero-order chi connectivity index (χ0) is 19.6. The van der Waals surface area contributed by atoms with Crippen molar-refractivity contribution < 1.29 is 18.3 Å². The lowest BCUT2D eigenvalue weighted by atomic mass is 10.1. The van der Waals surface area contributed by atoms with Gasteiger partial charge in [0.25, 0.3) is 0 Å². The fraction of sp³-hybridized carbons (Fsp3) is 0.944. The Kier molecular flexibility index (Phi) is 10.7. The molecule has 26 heavy (non-hydrogen) atoms. The first-order valence-electron chi connectivity index (χ1n) is 9.78. The highest BCUT2D eigenvalue weighted by Gasteiger charge is 2.31. The number of nitrogens with zero attached hydrogens (tertiary/aromatic N) is 1. The van der Waals surface area contributed by atoms with Crippen molar-refractivity contribution in [2.45, 2.75) is 90.3 Å². The van der Waals surface area contributed by atoms with E-state index in [-0.39, 0.29) is 11.7 Å². The summed E-state index contributed by atoms with van der Waals surface area (Å²) in [5.41, 5.74) is -0.379. The molecule has 1 amide bonds. The normalized spacial score (nSPS) is 24.1. The van der Waals surface area contributed by atoms with Crippen LogP contribution in [0.3, 0.4) is 0 Å². The zero-order valence-corrected chi connectivity index (χ0v) is 17.5. The van der Waals surface area contributed by atoms with E-state index in [1.54, 1.807) is 0 Å². The highest BCUT2D eigenvalue weighted by atomic mass is 32.2. The lowest BCUT2D eigenvalue weighted by Gasteiger charge is -2.28. The molecule has 0 bridgehead atoms. The summed E-state index contributed by atoms with van der Waals surface area (Å²) in [6.07, 6.45) is 7.62. The minimum Gasteiger partial charge on any atom is -0.760 e. The van der Waals surface area contributed by atoms with E-state index in [9.17, 15) is 13.6 Å². The van der Waals surface area contributed by atoms with E-state index in [2.05, 4.69) is 17.0 Å². The van der Waals surface area contributed by atoms with Crippen molar-refractivity contribution in [2.24, 2.45) is 0 Å². The Bertz CT molecular complexity index is 437. The van der Waals surface area contributed by atoms with Crippen LogP contribution in [0.2, 0.25) is 0 Å². The lowest BCUT2D eigenvalue weighted by molar-refractivity contribution is 0.0220. The molecule has 0 aliphatic carbocycles. The first-order valence-corrected chi connectivity index (χ1v) is 10.9. The predicted octanol–water partition coefficient (Wildman–Crippen LogP) is 2.70. The summed E-state index contributed by atoms with van der Waals surface area (Å²) >= 11 is -2.09. The molecular formula is C18H36N3O4S-. The fourth-order valence-electron chi connectivity index (χ4n) is 3.35. The van der Waals surface area contributed by atoms with Crippen molar-refractivity contribution in [3.05, 3.63) is 0 Å². The molecule has 7 nitrogen and oxygen atoms in total. The number of amides is 1. The van der Waals surface area contributed by atoms with Gasteiger partial charge in [-0.25, -0.2) is 9.52 Å². The Balaban J connectivity index is 0.000000273. The predicted molar refractivity (Wildman–Crippen MR) is 103 cm³/mol. The van der Waals surface area contributed by atoms with Crippen molar-refractivity contribution >= 4 is 17.4 Å². The SMILES string of the molecule is CCC[C@@H]1CCCN1C(=O)OC(C)(C)C.O=S([O-])NCC[C@@H]1CCCN1. The standard InChI is InChI=1S/C12H23NO2.C6H14N2O2S/c1-5-7-10-8-6-9-13(10)11(14)15-12(2,3)4;9-11(10)8-5-3-6-2-1-4-7-6/h10H,5-9H2,1-4H3;6-8H,1-5H2,(H,9,10)/p-1/t10-;6-/m10/s1. The number of carbonyl (C=O) groups is 1. The van der Waals surface area contributed by atoms with Gasteiger partial charge in [-0.1, -0.05) is 13.3 Å². The molecule has 2 aliphatic rings. The van der Waals surface area contributed by atoms with Gasteiger partial charge in [0.1, 0.15) is 5.60 Å². The van der Waals surface area contributed by atoms with Gasteiger partial charge < -0.3 is 19.5 Å². The number of hydrogen-bond donors (Lipinski definition) is 2. The van der Waals surface area contributed by atoms with Crippen LogP contribution >= 0.6 is 0 Å². The van der Waals surface area contributed by atoms with Gasteiger partial charge in [0, 0.05) is 36.4 Å². The summed E-state index contributed by atoms with van der Waals surface area (Å²) in [4.78, 5) is 13.7. The molecule has 2 aliphatic heterocycles. The molecule has 0 aromatic carbocycles. The van der Waals surface area contributed by atoms with Crippen molar-refractivity contribution in [1.82, 2.24) is 14.9 Å². The molecule has 3 atom stereocenters. The minimum atomic E-state index is -2.09. The third-order valence-corrected chi connectivity index (χ3v) is 4.94. The van der Waals surface area contributed by atoms with Crippen LogP contribution in [0.5, 0.6) is 0 Å². The van der Waals surface area contributed by atoms with E-state index in [0.717, 1.165) is 45.2 Å². The number of carbonyl (C=O) groups excluding carboxylic acids is 1. The molecule has 2 heterocycles. The largest absolute Gasteiger partial charge is 0.760 e. The van der Waals surface area contributed by atoms with Crippen molar-refractivity contribution in [3.63, 3.8) is 0 Å². The summed E-state index contributed by atoms with van der Waals surface area (Å²) in [6.45, 7) is 10.4. The number of nitrogens with one attached hydrogen (secondary N) is 2. The molecule has 1 unspecified atom stereocenters. The van der Waals surface area contributed by atoms with Crippen LogP contribution in [-0.2, 0) is 16.0 Å². The molecule has 154 valence electrons. The summed E-state index contributed by atoms with van der Waals surface area (Å²) < 4.78 is 27.8. The molecule has 2 fully saturated rings. The first kappa shape index (κ1) is 23.3. The van der Waals surface area contributed by atoms with Gasteiger partial charge in [-0.2, -0.15) is 0 Å². The van der Waals surface area contributed by atoms with Gasteiger partial charge in [-0.05, 0) is 65.8 Å². The van der Waals surface area contributed by atoms with Gasteiger partial charge in [-0.15, -0.1) is 0 Å². The van der Waals surface area contributed by atoms with Crippen LogP contribution in [-0.4, -0.2) is 57.1 Å². The average molecular weight is 391 g/mol. The first-order chi connectivity index (χ1) is 12.2. The number of hydrogen-bond acceptors (Lipinski definition) is 5. The van der Waals surface area contributed by atoms with E-state index in [0.29, 0.717) is 18.6 Å². The number of rotatable bonds is 6. The highest BCUT2D eigenvalue weighted by Crippen LogP contribution is 2.23. The smallest absolute Gasteiger partial charge is 0.410 e. The topological polar surface area (TPSA) is 93.7 Å². The van der Waals surface area contributed by atoms with Gasteiger partial charge >= 0.3 is 6.09 Å². The Labute approximate surface area is 161 Å². The van der Waals surface area contributed by atoms with E-state index in [1.807, 2.05) is 25.7 Å².